The molecule has 142 valence electrons. The summed E-state index contributed by atoms with van der Waals surface area (Å²) in [4.78, 5) is 1.94. The molecule has 1 fully saturated rings. The van der Waals surface area contributed by atoms with Crippen molar-refractivity contribution in [2.45, 2.75) is 43.6 Å². The van der Waals surface area contributed by atoms with E-state index in [0.29, 0.717) is 32.4 Å². The van der Waals surface area contributed by atoms with E-state index in [1.54, 1.807) is 6.92 Å². The Kier molecular flexibility index (Phi) is 5.34. The topological polar surface area (TPSA) is 99.2 Å². The second-order valence-corrected chi connectivity index (χ2v) is 7.06. The summed E-state index contributed by atoms with van der Waals surface area (Å²) in [6, 6.07) is 10.7. The molecule has 1 saturated heterocycles. The van der Waals surface area contributed by atoms with Crippen LogP contribution in [0.2, 0.25) is 0 Å². The lowest BCUT2D eigenvalue weighted by molar-refractivity contribution is -0.230. The van der Waals surface area contributed by atoms with Gasteiger partial charge in [0.25, 0.3) is 5.88 Å². The molecule has 0 spiro atoms. The number of nitrogens with zero attached hydrogens (tertiary/aromatic N) is 2. The zero-order chi connectivity index (χ0) is 18.8. The highest BCUT2D eigenvalue weighted by Gasteiger charge is 2.44. The van der Waals surface area contributed by atoms with Gasteiger partial charge in [-0.15, -0.1) is 0 Å². The first-order valence-corrected chi connectivity index (χ1v) is 8.80. The van der Waals surface area contributed by atoms with Crippen molar-refractivity contribution in [2.75, 3.05) is 20.2 Å². The Labute approximate surface area is 152 Å². The number of benzene rings is 1. The van der Waals surface area contributed by atoms with Crippen LogP contribution < -0.4 is 4.74 Å². The first-order valence-electron chi connectivity index (χ1n) is 8.80. The fraction of sp³-hybridized carbons (Fsp3) is 0.526. The normalized spacial score (nSPS) is 19.3. The van der Waals surface area contributed by atoms with Crippen LogP contribution in [0.4, 0.5) is 0 Å². The molecule has 2 heterocycles. The zero-order valence-corrected chi connectivity index (χ0v) is 15.1. The van der Waals surface area contributed by atoms with Crippen LogP contribution in [-0.2, 0) is 12.2 Å². The summed E-state index contributed by atoms with van der Waals surface area (Å²) in [7, 11) is 1.43. The van der Waals surface area contributed by atoms with Crippen molar-refractivity contribution < 1.29 is 24.6 Å². The van der Waals surface area contributed by atoms with Crippen molar-refractivity contribution in [1.82, 2.24) is 10.1 Å². The van der Waals surface area contributed by atoms with Gasteiger partial charge in [0.2, 0.25) is 11.5 Å². The highest BCUT2D eigenvalue weighted by Crippen LogP contribution is 2.33. The Balaban J connectivity index is 1.63. The molecule has 3 rings (SSSR count). The third-order valence-corrected chi connectivity index (χ3v) is 5.30. The van der Waals surface area contributed by atoms with Gasteiger partial charge in [-0.25, -0.2) is 0 Å². The van der Waals surface area contributed by atoms with Crippen LogP contribution in [0, 0.1) is 0 Å². The van der Waals surface area contributed by atoms with Crippen LogP contribution in [0.5, 0.6) is 5.88 Å². The van der Waals surface area contributed by atoms with Crippen LogP contribution in [0.3, 0.4) is 0 Å². The van der Waals surface area contributed by atoms with Gasteiger partial charge in [-0.3, -0.25) is 4.90 Å². The van der Waals surface area contributed by atoms with Crippen LogP contribution >= 0.6 is 0 Å². The molecule has 7 nitrogen and oxygen atoms in total. The van der Waals surface area contributed by atoms with Crippen molar-refractivity contribution in [1.29, 1.82) is 0 Å². The number of methoxy groups -OCH3 is 1. The maximum atomic E-state index is 10.9. The summed E-state index contributed by atoms with van der Waals surface area (Å²) in [6.45, 7) is 2.83. The maximum Gasteiger partial charge on any atom is 0.254 e. The lowest BCUT2D eigenvalue weighted by Crippen LogP contribution is -2.55. The van der Waals surface area contributed by atoms with E-state index >= 15 is 0 Å². The Morgan fingerprint density at radius 1 is 1.27 bits per heavy atom. The summed E-state index contributed by atoms with van der Waals surface area (Å²) in [6.07, 6.45) is 1.71. The molecule has 1 aromatic heterocycles. The predicted octanol–water partition coefficient (Wildman–Crippen LogP) is 1.28. The van der Waals surface area contributed by atoms with E-state index in [1.165, 1.54) is 13.2 Å². The minimum atomic E-state index is -2.20. The first-order chi connectivity index (χ1) is 12.3. The molecule has 1 aliphatic heterocycles. The fourth-order valence-electron chi connectivity index (χ4n) is 3.47. The van der Waals surface area contributed by atoms with Crippen LogP contribution in [-0.4, -0.2) is 57.2 Å². The Morgan fingerprint density at radius 2 is 1.92 bits per heavy atom. The number of ether oxygens (including phenoxy) is 1. The quantitative estimate of drug-likeness (QED) is 0.666. The summed E-state index contributed by atoms with van der Waals surface area (Å²) in [5, 5.41) is 35.6. The SMILES string of the molecule is COc1cc(C(O)(O)C(C)N2CCC(O)(Cc3ccccc3)CC2)on1. The molecule has 0 saturated carbocycles. The van der Waals surface area contributed by atoms with Gasteiger partial charge in [0.1, 0.15) is 0 Å². The Morgan fingerprint density at radius 3 is 2.50 bits per heavy atom. The van der Waals surface area contributed by atoms with Gasteiger partial charge in [0.15, 0.2) is 0 Å². The molecule has 0 amide bonds. The van der Waals surface area contributed by atoms with Crippen LogP contribution in [0.15, 0.2) is 40.9 Å². The highest BCUT2D eigenvalue weighted by molar-refractivity contribution is 5.18. The van der Waals surface area contributed by atoms with Crippen molar-refractivity contribution in [3.05, 3.63) is 47.7 Å². The molecule has 1 atom stereocenters. The minimum Gasteiger partial charge on any atom is -0.479 e. The zero-order valence-electron chi connectivity index (χ0n) is 15.1. The third kappa shape index (κ3) is 3.91. The number of piperidine rings is 1. The summed E-state index contributed by atoms with van der Waals surface area (Å²) >= 11 is 0. The molecule has 0 aliphatic carbocycles. The average molecular weight is 362 g/mol. The van der Waals surface area contributed by atoms with Gasteiger partial charge in [-0.2, -0.15) is 0 Å². The summed E-state index contributed by atoms with van der Waals surface area (Å²) in [5.41, 5.74) is 0.324. The smallest absolute Gasteiger partial charge is 0.254 e. The van der Waals surface area contributed by atoms with Crippen LogP contribution in [0.1, 0.15) is 31.1 Å². The van der Waals surface area contributed by atoms with Crippen molar-refractivity contribution in [3.63, 3.8) is 0 Å². The van der Waals surface area contributed by atoms with E-state index in [-0.39, 0.29) is 11.6 Å². The predicted molar refractivity (Wildman–Crippen MR) is 94.5 cm³/mol. The van der Waals surface area contributed by atoms with Crippen molar-refractivity contribution >= 4 is 0 Å². The van der Waals surface area contributed by atoms with Gasteiger partial charge in [-0.1, -0.05) is 30.3 Å². The van der Waals surface area contributed by atoms with E-state index in [9.17, 15) is 15.3 Å². The Bertz CT molecular complexity index is 708. The van der Waals surface area contributed by atoms with E-state index < -0.39 is 17.4 Å². The second-order valence-electron chi connectivity index (χ2n) is 7.06. The van der Waals surface area contributed by atoms with Gasteiger partial charge >= 0.3 is 0 Å². The van der Waals surface area contributed by atoms with Gasteiger partial charge in [-0.05, 0) is 30.5 Å². The summed E-state index contributed by atoms with van der Waals surface area (Å²) < 4.78 is 9.93. The molecular weight excluding hydrogens is 336 g/mol. The highest BCUT2D eigenvalue weighted by atomic mass is 16.6. The molecule has 3 N–H and O–H groups in total. The van der Waals surface area contributed by atoms with Crippen molar-refractivity contribution in [3.8, 4) is 5.88 Å². The van der Waals surface area contributed by atoms with E-state index in [0.717, 1.165) is 5.56 Å². The molecule has 0 radical (unpaired) electrons. The molecular formula is C19H26N2O5. The molecule has 1 unspecified atom stereocenters. The maximum absolute atomic E-state index is 10.9. The molecule has 2 aromatic rings. The molecule has 1 aliphatic rings. The van der Waals surface area contributed by atoms with Crippen molar-refractivity contribution in [2.24, 2.45) is 0 Å². The molecule has 7 heteroatoms. The first kappa shape index (κ1) is 18.8. The Hall–Kier alpha value is -1.93. The minimum absolute atomic E-state index is 0.0630. The van der Waals surface area contributed by atoms with Gasteiger partial charge in [0, 0.05) is 19.5 Å². The molecule has 1 aromatic carbocycles. The molecule has 0 bridgehead atoms. The number of hydrogen-bond acceptors (Lipinski definition) is 7. The standard InChI is InChI=1S/C19H26N2O5/c1-14(19(23,24)16-12-17(25-2)20-26-16)21-10-8-18(22,9-11-21)13-15-6-4-3-5-7-15/h3-7,12,14,22-24H,8-11,13H2,1-2H3. The lowest BCUT2D eigenvalue weighted by Gasteiger charge is -2.43. The number of rotatable bonds is 6. The van der Waals surface area contributed by atoms with Crippen LogP contribution in [0.25, 0.3) is 0 Å². The number of hydrogen-bond donors (Lipinski definition) is 3. The third-order valence-electron chi connectivity index (χ3n) is 5.30. The summed E-state index contributed by atoms with van der Waals surface area (Å²) in [5.74, 6) is -2.07. The van der Waals surface area contributed by atoms with E-state index in [4.69, 9.17) is 9.26 Å². The fourth-order valence-corrected chi connectivity index (χ4v) is 3.47. The average Bonchev–Trinajstić information content (AvgIpc) is 3.12. The lowest BCUT2D eigenvalue weighted by atomic mass is 9.84. The van der Waals surface area contributed by atoms with E-state index in [1.807, 2.05) is 35.2 Å². The second kappa shape index (κ2) is 7.36. The van der Waals surface area contributed by atoms with E-state index in [2.05, 4.69) is 5.16 Å². The largest absolute Gasteiger partial charge is 0.479 e. The molecule has 26 heavy (non-hydrogen) atoms. The number of aliphatic hydroxyl groups is 3. The van der Waals surface area contributed by atoms with Gasteiger partial charge in [0.05, 0.1) is 24.8 Å². The number of aromatic nitrogens is 1. The van der Waals surface area contributed by atoms with Gasteiger partial charge < -0.3 is 24.6 Å². The monoisotopic (exact) mass is 362 g/mol. The number of likely N-dealkylation sites (tertiary alicyclic amines) is 1.